The Morgan fingerprint density at radius 2 is 2.16 bits per heavy atom. The van der Waals surface area contributed by atoms with Crippen molar-refractivity contribution in [1.82, 2.24) is 4.72 Å². The molecule has 1 aromatic rings. The van der Waals surface area contributed by atoms with Gasteiger partial charge in [0.2, 0.25) is 10.0 Å². The minimum atomic E-state index is -3.44. The van der Waals surface area contributed by atoms with E-state index in [-0.39, 0.29) is 19.0 Å². The number of hydrogen-bond donors (Lipinski definition) is 2. The molecule has 0 radical (unpaired) electrons. The second-order valence-corrected chi connectivity index (χ2v) is 6.28. The van der Waals surface area contributed by atoms with Gasteiger partial charge in [-0.15, -0.1) is 0 Å². The number of aliphatic hydroxyl groups excluding tert-OH is 1. The fraction of sp³-hybridized carbons (Fsp3) is 0.538. The first kappa shape index (κ1) is 16.1. The molecule has 2 N–H and O–H groups in total. The molecule has 108 valence electrons. The molecular weight excluding hydrogens is 266 g/mol. The minimum Gasteiger partial charge on any atom is -0.396 e. The van der Waals surface area contributed by atoms with E-state index < -0.39 is 16.1 Å². The van der Waals surface area contributed by atoms with Gasteiger partial charge in [0, 0.05) is 19.8 Å². The summed E-state index contributed by atoms with van der Waals surface area (Å²) in [6.07, 6.45) is 0.334. The van der Waals surface area contributed by atoms with Gasteiger partial charge in [-0.25, -0.2) is 13.1 Å². The fourth-order valence-electron chi connectivity index (χ4n) is 1.85. The van der Waals surface area contributed by atoms with Gasteiger partial charge in [0.05, 0.1) is 12.4 Å². The summed E-state index contributed by atoms with van der Waals surface area (Å²) in [7, 11) is -1.94. The van der Waals surface area contributed by atoms with E-state index in [4.69, 9.17) is 9.84 Å². The van der Waals surface area contributed by atoms with Crippen LogP contribution >= 0.6 is 0 Å². The van der Waals surface area contributed by atoms with Crippen LogP contribution in [0.1, 0.15) is 17.5 Å². The number of aryl methyl sites for hydroxylation is 1. The SMILES string of the molecule is COC[C@@H](CCO)NS(=O)(=O)Cc1cccc(C)c1. The van der Waals surface area contributed by atoms with Gasteiger partial charge in [0.25, 0.3) is 0 Å². The summed E-state index contributed by atoms with van der Waals surface area (Å²) >= 11 is 0. The normalized spacial score (nSPS) is 13.4. The summed E-state index contributed by atoms with van der Waals surface area (Å²) in [5, 5.41) is 8.90. The van der Waals surface area contributed by atoms with E-state index in [0.717, 1.165) is 11.1 Å². The Bertz CT molecular complexity index is 481. The molecule has 5 nitrogen and oxygen atoms in total. The van der Waals surface area contributed by atoms with Crippen LogP contribution in [-0.4, -0.2) is 39.9 Å². The second kappa shape index (κ2) is 7.59. The number of aliphatic hydroxyl groups is 1. The van der Waals surface area contributed by atoms with Crippen LogP contribution in [-0.2, 0) is 20.5 Å². The highest BCUT2D eigenvalue weighted by molar-refractivity contribution is 7.88. The van der Waals surface area contributed by atoms with E-state index in [1.54, 1.807) is 6.07 Å². The fourth-order valence-corrected chi connectivity index (χ4v) is 3.25. The highest BCUT2D eigenvalue weighted by Crippen LogP contribution is 2.08. The number of nitrogens with one attached hydrogen (secondary N) is 1. The zero-order valence-electron chi connectivity index (χ0n) is 11.3. The van der Waals surface area contributed by atoms with Crippen molar-refractivity contribution in [1.29, 1.82) is 0 Å². The lowest BCUT2D eigenvalue weighted by atomic mass is 10.2. The number of rotatable bonds is 8. The van der Waals surface area contributed by atoms with Gasteiger partial charge in [-0.3, -0.25) is 0 Å². The molecule has 6 heteroatoms. The monoisotopic (exact) mass is 287 g/mol. The van der Waals surface area contributed by atoms with Crippen LogP contribution in [0, 0.1) is 6.92 Å². The molecule has 0 fully saturated rings. The van der Waals surface area contributed by atoms with E-state index in [9.17, 15) is 8.42 Å². The summed E-state index contributed by atoms with van der Waals surface area (Å²) in [4.78, 5) is 0. The summed E-state index contributed by atoms with van der Waals surface area (Å²) in [5.41, 5.74) is 1.77. The molecule has 0 aromatic heterocycles. The molecule has 0 saturated carbocycles. The Morgan fingerprint density at radius 1 is 1.42 bits per heavy atom. The Kier molecular flexibility index (Phi) is 6.44. The van der Waals surface area contributed by atoms with Crippen molar-refractivity contribution in [3.8, 4) is 0 Å². The van der Waals surface area contributed by atoms with Crippen molar-refractivity contribution in [3.63, 3.8) is 0 Å². The van der Waals surface area contributed by atoms with Gasteiger partial charge in [0.15, 0.2) is 0 Å². The molecule has 0 bridgehead atoms. The van der Waals surface area contributed by atoms with Crippen molar-refractivity contribution < 1.29 is 18.3 Å². The van der Waals surface area contributed by atoms with Crippen molar-refractivity contribution in [2.24, 2.45) is 0 Å². The van der Waals surface area contributed by atoms with Crippen molar-refractivity contribution in [2.45, 2.75) is 25.1 Å². The van der Waals surface area contributed by atoms with Crippen LogP contribution in [0.25, 0.3) is 0 Å². The molecule has 0 unspecified atom stereocenters. The molecule has 0 heterocycles. The number of hydrogen-bond acceptors (Lipinski definition) is 4. The predicted molar refractivity (Wildman–Crippen MR) is 74.3 cm³/mol. The van der Waals surface area contributed by atoms with E-state index in [1.807, 2.05) is 25.1 Å². The van der Waals surface area contributed by atoms with Crippen LogP contribution < -0.4 is 4.72 Å². The van der Waals surface area contributed by atoms with E-state index in [0.29, 0.717) is 6.42 Å². The highest BCUT2D eigenvalue weighted by Gasteiger charge is 2.18. The Morgan fingerprint density at radius 3 is 2.74 bits per heavy atom. The molecular formula is C13H21NO4S. The van der Waals surface area contributed by atoms with Crippen LogP contribution in [0.5, 0.6) is 0 Å². The first-order chi connectivity index (χ1) is 8.96. The summed E-state index contributed by atoms with van der Waals surface area (Å²) in [5.74, 6) is -0.0691. The average molecular weight is 287 g/mol. The van der Waals surface area contributed by atoms with Crippen LogP contribution in [0.3, 0.4) is 0 Å². The van der Waals surface area contributed by atoms with Crippen LogP contribution in [0.15, 0.2) is 24.3 Å². The maximum absolute atomic E-state index is 12.0. The van der Waals surface area contributed by atoms with Crippen LogP contribution in [0.2, 0.25) is 0 Å². The third kappa shape index (κ3) is 6.15. The summed E-state index contributed by atoms with van der Waals surface area (Å²) in [6, 6.07) is 6.98. The molecule has 0 aliphatic carbocycles. The Balaban J connectivity index is 2.69. The lowest BCUT2D eigenvalue weighted by molar-refractivity contribution is 0.158. The smallest absolute Gasteiger partial charge is 0.216 e. The summed E-state index contributed by atoms with van der Waals surface area (Å²) < 4.78 is 31.5. The molecule has 1 rings (SSSR count). The van der Waals surface area contributed by atoms with Gasteiger partial charge in [0.1, 0.15) is 0 Å². The quantitative estimate of drug-likeness (QED) is 0.742. The lowest BCUT2D eigenvalue weighted by Gasteiger charge is -2.17. The molecule has 19 heavy (non-hydrogen) atoms. The van der Waals surface area contributed by atoms with E-state index >= 15 is 0 Å². The molecule has 1 atom stereocenters. The maximum atomic E-state index is 12.0. The average Bonchev–Trinajstić information content (AvgIpc) is 2.28. The van der Waals surface area contributed by atoms with Gasteiger partial charge in [-0.05, 0) is 18.9 Å². The lowest BCUT2D eigenvalue weighted by Crippen LogP contribution is -2.39. The standard InChI is InChI=1S/C13H21NO4S/c1-11-4-3-5-12(8-11)10-19(16,17)14-13(6-7-15)9-18-2/h3-5,8,13-15H,6-7,9-10H2,1-2H3/t13-/m1/s1. The molecule has 0 aliphatic rings. The second-order valence-electron chi connectivity index (χ2n) is 4.53. The van der Waals surface area contributed by atoms with Gasteiger partial charge >= 0.3 is 0 Å². The van der Waals surface area contributed by atoms with Gasteiger partial charge in [-0.1, -0.05) is 29.8 Å². The van der Waals surface area contributed by atoms with E-state index in [1.165, 1.54) is 7.11 Å². The third-order valence-corrected chi connectivity index (χ3v) is 4.04. The predicted octanol–water partition coefficient (Wildman–Crippen LogP) is 0.812. The van der Waals surface area contributed by atoms with Gasteiger partial charge in [-0.2, -0.15) is 0 Å². The van der Waals surface area contributed by atoms with Crippen molar-refractivity contribution in [3.05, 3.63) is 35.4 Å². The minimum absolute atomic E-state index is 0.0691. The number of methoxy groups -OCH3 is 1. The topological polar surface area (TPSA) is 75.6 Å². The zero-order chi connectivity index (χ0) is 14.3. The molecule has 0 aliphatic heterocycles. The number of benzene rings is 1. The first-order valence-corrected chi connectivity index (χ1v) is 7.77. The molecule has 1 aromatic carbocycles. The largest absolute Gasteiger partial charge is 0.396 e. The maximum Gasteiger partial charge on any atom is 0.216 e. The van der Waals surface area contributed by atoms with Crippen molar-refractivity contribution in [2.75, 3.05) is 20.3 Å². The molecule has 0 amide bonds. The van der Waals surface area contributed by atoms with E-state index in [2.05, 4.69) is 4.72 Å². The third-order valence-electron chi connectivity index (χ3n) is 2.63. The Labute approximate surface area is 114 Å². The Hall–Kier alpha value is -0.950. The van der Waals surface area contributed by atoms with Crippen molar-refractivity contribution >= 4 is 10.0 Å². The zero-order valence-corrected chi connectivity index (χ0v) is 12.1. The highest BCUT2D eigenvalue weighted by atomic mass is 32.2. The molecule has 0 saturated heterocycles. The van der Waals surface area contributed by atoms with Gasteiger partial charge < -0.3 is 9.84 Å². The number of ether oxygens (including phenoxy) is 1. The first-order valence-electron chi connectivity index (χ1n) is 6.12. The number of sulfonamides is 1. The summed E-state index contributed by atoms with van der Waals surface area (Å²) in [6.45, 7) is 2.08. The molecule has 0 spiro atoms. The van der Waals surface area contributed by atoms with Crippen LogP contribution in [0.4, 0.5) is 0 Å².